The molecule has 156 valence electrons. The van der Waals surface area contributed by atoms with E-state index in [-0.39, 0.29) is 11.7 Å². The average Bonchev–Trinajstić information content (AvgIpc) is 2.65. The monoisotopic (exact) mass is 382 g/mol. The van der Waals surface area contributed by atoms with Crippen LogP contribution in [0.5, 0.6) is 0 Å². The standard InChI is InChI=1S/C22H38O5/c1-6-8-10-13-24-18-20-27-22(5,7-2)12-9-11-14-23-15-16-25-17-19-26-21(3)4/h21H,6-7,12-20H2,1-5H3. The number of ether oxygens (including phenoxy) is 5. The maximum atomic E-state index is 5.94. The summed E-state index contributed by atoms with van der Waals surface area (Å²) in [4.78, 5) is 0. The molecule has 0 rings (SSSR count). The fourth-order valence-electron chi connectivity index (χ4n) is 1.91. The van der Waals surface area contributed by atoms with Crippen LogP contribution in [0.1, 0.15) is 53.9 Å². The van der Waals surface area contributed by atoms with Gasteiger partial charge in [-0.2, -0.15) is 0 Å². The molecule has 1 unspecified atom stereocenters. The summed E-state index contributed by atoms with van der Waals surface area (Å²) in [5.41, 5.74) is -0.259. The molecule has 0 N–H and O–H groups in total. The van der Waals surface area contributed by atoms with Crippen LogP contribution in [0.3, 0.4) is 0 Å². The van der Waals surface area contributed by atoms with Crippen molar-refractivity contribution < 1.29 is 23.7 Å². The third-order valence-corrected chi connectivity index (χ3v) is 3.71. The van der Waals surface area contributed by atoms with Crippen LogP contribution in [0.25, 0.3) is 0 Å². The molecule has 27 heavy (non-hydrogen) atoms. The molecule has 5 heteroatoms. The van der Waals surface area contributed by atoms with Gasteiger partial charge >= 0.3 is 0 Å². The molecule has 0 radical (unpaired) electrons. The van der Waals surface area contributed by atoms with Crippen LogP contribution in [-0.2, 0) is 23.7 Å². The topological polar surface area (TPSA) is 46.2 Å². The van der Waals surface area contributed by atoms with Gasteiger partial charge in [0, 0.05) is 12.8 Å². The van der Waals surface area contributed by atoms with E-state index in [1.54, 1.807) is 0 Å². The summed E-state index contributed by atoms with van der Waals surface area (Å²) in [6.45, 7) is 14.5. The van der Waals surface area contributed by atoms with Gasteiger partial charge < -0.3 is 23.7 Å². The molecule has 0 aliphatic heterocycles. The van der Waals surface area contributed by atoms with Gasteiger partial charge in [-0.1, -0.05) is 31.6 Å². The average molecular weight is 383 g/mol. The predicted molar refractivity (Wildman–Crippen MR) is 109 cm³/mol. The highest BCUT2D eigenvalue weighted by Crippen LogP contribution is 2.18. The van der Waals surface area contributed by atoms with E-state index in [4.69, 9.17) is 23.7 Å². The Morgan fingerprint density at radius 3 is 1.96 bits per heavy atom. The molecule has 0 saturated carbocycles. The first kappa shape index (κ1) is 25.9. The zero-order valence-electron chi connectivity index (χ0n) is 17.9. The second kappa shape index (κ2) is 18.3. The third kappa shape index (κ3) is 18.1. The van der Waals surface area contributed by atoms with Crippen LogP contribution in [-0.4, -0.2) is 64.6 Å². The van der Waals surface area contributed by atoms with Crippen LogP contribution in [0.15, 0.2) is 0 Å². The van der Waals surface area contributed by atoms with E-state index in [0.717, 1.165) is 12.8 Å². The lowest BCUT2D eigenvalue weighted by Crippen LogP contribution is -2.29. The van der Waals surface area contributed by atoms with Crippen molar-refractivity contribution in [3.8, 4) is 23.7 Å². The molecule has 0 amide bonds. The van der Waals surface area contributed by atoms with Crippen molar-refractivity contribution >= 4 is 0 Å². The molecule has 0 aromatic rings. The summed E-state index contributed by atoms with van der Waals surface area (Å²) < 4.78 is 27.6. The van der Waals surface area contributed by atoms with E-state index < -0.39 is 0 Å². The molecule has 0 saturated heterocycles. The Kier molecular flexibility index (Phi) is 17.6. The van der Waals surface area contributed by atoms with E-state index in [1.807, 2.05) is 20.8 Å². The lowest BCUT2D eigenvalue weighted by atomic mass is 9.99. The molecule has 0 fully saturated rings. The zero-order chi connectivity index (χ0) is 20.2. The van der Waals surface area contributed by atoms with Crippen molar-refractivity contribution in [3.05, 3.63) is 0 Å². The minimum Gasteiger partial charge on any atom is -0.377 e. The summed E-state index contributed by atoms with van der Waals surface area (Å²) in [6, 6.07) is 0. The smallest absolute Gasteiger partial charge is 0.107 e. The molecule has 1 atom stereocenters. The van der Waals surface area contributed by atoms with E-state index >= 15 is 0 Å². The molecular formula is C22H38O5. The maximum absolute atomic E-state index is 5.94. The SMILES string of the molecule is CCC#CCOCCOC(C)(CC)CC#CCOCCOCCOC(C)C. The molecule has 0 heterocycles. The van der Waals surface area contributed by atoms with Gasteiger partial charge in [0.1, 0.15) is 13.2 Å². The Hall–Kier alpha value is -1.08. The largest absolute Gasteiger partial charge is 0.377 e. The van der Waals surface area contributed by atoms with E-state index in [0.29, 0.717) is 59.3 Å². The molecule has 5 nitrogen and oxygen atoms in total. The predicted octanol–water partition coefficient (Wildman–Crippen LogP) is 3.45. The second-order valence-corrected chi connectivity index (χ2v) is 6.53. The van der Waals surface area contributed by atoms with Gasteiger partial charge in [-0.15, -0.1) is 5.92 Å². The Balaban J connectivity index is 3.70. The van der Waals surface area contributed by atoms with Crippen molar-refractivity contribution in [2.75, 3.05) is 52.9 Å². The first-order valence-corrected chi connectivity index (χ1v) is 9.94. The van der Waals surface area contributed by atoms with Crippen LogP contribution in [0.4, 0.5) is 0 Å². The first-order chi connectivity index (χ1) is 13.0. The van der Waals surface area contributed by atoms with Gasteiger partial charge in [-0.05, 0) is 27.2 Å². The molecule has 0 spiro atoms. The molecular weight excluding hydrogens is 344 g/mol. The van der Waals surface area contributed by atoms with Gasteiger partial charge in [0.2, 0.25) is 0 Å². The van der Waals surface area contributed by atoms with Gasteiger partial charge in [-0.3, -0.25) is 0 Å². The first-order valence-electron chi connectivity index (χ1n) is 9.94. The molecule has 0 aromatic heterocycles. The van der Waals surface area contributed by atoms with E-state index in [2.05, 4.69) is 37.5 Å². The van der Waals surface area contributed by atoms with Gasteiger partial charge in [0.05, 0.1) is 51.3 Å². The van der Waals surface area contributed by atoms with Crippen molar-refractivity contribution in [3.63, 3.8) is 0 Å². The summed E-state index contributed by atoms with van der Waals surface area (Å²) in [7, 11) is 0. The maximum Gasteiger partial charge on any atom is 0.107 e. The number of rotatable bonds is 15. The molecule has 0 aromatic carbocycles. The highest BCUT2D eigenvalue weighted by atomic mass is 16.5. The quantitative estimate of drug-likeness (QED) is 0.321. The Labute approximate surface area is 166 Å². The molecule has 0 bridgehead atoms. The lowest BCUT2D eigenvalue weighted by molar-refractivity contribution is -0.0528. The molecule has 0 aliphatic rings. The van der Waals surface area contributed by atoms with Gasteiger partial charge in [0.15, 0.2) is 0 Å². The number of hydrogen-bond acceptors (Lipinski definition) is 5. The fraction of sp³-hybridized carbons (Fsp3) is 0.818. The van der Waals surface area contributed by atoms with Crippen molar-refractivity contribution in [1.82, 2.24) is 0 Å². The third-order valence-electron chi connectivity index (χ3n) is 3.71. The van der Waals surface area contributed by atoms with Crippen molar-refractivity contribution in [2.45, 2.75) is 65.6 Å². The highest BCUT2D eigenvalue weighted by Gasteiger charge is 2.21. The lowest BCUT2D eigenvalue weighted by Gasteiger charge is -2.26. The van der Waals surface area contributed by atoms with Gasteiger partial charge in [0.25, 0.3) is 0 Å². The minimum atomic E-state index is -0.259. The zero-order valence-corrected chi connectivity index (χ0v) is 17.9. The summed E-state index contributed by atoms with van der Waals surface area (Å²) in [6.07, 6.45) is 2.66. The summed E-state index contributed by atoms with van der Waals surface area (Å²) >= 11 is 0. The van der Waals surface area contributed by atoms with Crippen LogP contribution < -0.4 is 0 Å². The Bertz CT molecular complexity index is 455. The second-order valence-electron chi connectivity index (χ2n) is 6.53. The summed E-state index contributed by atoms with van der Waals surface area (Å²) in [5.74, 6) is 12.1. The molecule has 0 aliphatic carbocycles. The van der Waals surface area contributed by atoms with Crippen LogP contribution >= 0.6 is 0 Å². The number of hydrogen-bond donors (Lipinski definition) is 0. The Morgan fingerprint density at radius 2 is 1.33 bits per heavy atom. The summed E-state index contributed by atoms with van der Waals surface area (Å²) in [5, 5.41) is 0. The van der Waals surface area contributed by atoms with Crippen molar-refractivity contribution in [1.29, 1.82) is 0 Å². The highest BCUT2D eigenvalue weighted by molar-refractivity contribution is 5.03. The van der Waals surface area contributed by atoms with E-state index in [9.17, 15) is 0 Å². The van der Waals surface area contributed by atoms with Crippen LogP contribution in [0.2, 0.25) is 0 Å². The van der Waals surface area contributed by atoms with Crippen molar-refractivity contribution in [2.24, 2.45) is 0 Å². The van der Waals surface area contributed by atoms with E-state index in [1.165, 1.54) is 0 Å². The Morgan fingerprint density at radius 1 is 0.741 bits per heavy atom. The fourth-order valence-corrected chi connectivity index (χ4v) is 1.91. The normalized spacial score (nSPS) is 12.8. The van der Waals surface area contributed by atoms with Crippen LogP contribution in [0, 0.1) is 23.7 Å². The van der Waals surface area contributed by atoms with Gasteiger partial charge in [-0.25, -0.2) is 0 Å². The minimum absolute atomic E-state index is 0.241.